The second-order valence-corrected chi connectivity index (χ2v) is 8.33. The largest absolute Gasteiger partial charge is 0.301 e. The summed E-state index contributed by atoms with van der Waals surface area (Å²) in [5.41, 5.74) is 1.96. The molecule has 2 rings (SSSR count). The van der Waals surface area contributed by atoms with Crippen LogP contribution in [0.3, 0.4) is 0 Å². The van der Waals surface area contributed by atoms with Gasteiger partial charge in [-0.3, -0.25) is 9.00 Å². The monoisotopic (exact) mass is 293 g/mol. The van der Waals surface area contributed by atoms with Crippen molar-refractivity contribution >= 4 is 16.6 Å². The number of benzene rings is 1. The molecule has 1 aliphatic rings. The zero-order chi connectivity index (χ0) is 14.8. The van der Waals surface area contributed by atoms with Crippen LogP contribution in [0.2, 0.25) is 0 Å². The summed E-state index contributed by atoms with van der Waals surface area (Å²) >= 11 is 0. The maximum Gasteiger partial charge on any atom is 0.164 e. The van der Waals surface area contributed by atoms with Gasteiger partial charge in [-0.15, -0.1) is 0 Å². The predicted octanol–water partition coefficient (Wildman–Crippen LogP) is 2.41. The highest BCUT2D eigenvalue weighted by Crippen LogP contribution is 2.20. The number of rotatable bonds is 4. The highest BCUT2D eigenvalue weighted by Gasteiger charge is 2.32. The van der Waals surface area contributed by atoms with Gasteiger partial charge in [-0.25, -0.2) is 0 Å². The molecule has 1 aromatic carbocycles. The molecule has 1 aromatic rings. The standard InChI is InChI=1S/C16H23NO2S/c1-13-4-6-14(7-5-13)15(18)8-9-17-10-11-20(19)16(2,3)12-17/h4-7H,8-12H2,1-3H3. The number of carbonyl (C=O) groups is 1. The van der Waals surface area contributed by atoms with Crippen LogP contribution in [-0.2, 0) is 10.8 Å². The highest BCUT2D eigenvalue weighted by molar-refractivity contribution is 7.86. The predicted molar refractivity (Wildman–Crippen MR) is 83.7 cm³/mol. The fourth-order valence-electron chi connectivity index (χ4n) is 2.51. The minimum atomic E-state index is -0.751. The van der Waals surface area contributed by atoms with E-state index >= 15 is 0 Å². The van der Waals surface area contributed by atoms with Crippen LogP contribution in [-0.4, -0.2) is 45.0 Å². The van der Waals surface area contributed by atoms with Crippen molar-refractivity contribution < 1.29 is 9.00 Å². The highest BCUT2D eigenvalue weighted by atomic mass is 32.2. The molecule has 1 aliphatic heterocycles. The molecule has 1 fully saturated rings. The van der Waals surface area contributed by atoms with Crippen molar-refractivity contribution in [2.24, 2.45) is 0 Å². The summed E-state index contributed by atoms with van der Waals surface area (Å²) in [4.78, 5) is 14.4. The number of aryl methyl sites for hydroxylation is 1. The van der Waals surface area contributed by atoms with Gasteiger partial charge in [0.1, 0.15) is 0 Å². The average molecular weight is 293 g/mol. The van der Waals surface area contributed by atoms with Gasteiger partial charge in [-0.05, 0) is 20.8 Å². The Hall–Kier alpha value is -1.00. The molecule has 3 nitrogen and oxygen atoms in total. The third kappa shape index (κ3) is 3.76. The van der Waals surface area contributed by atoms with E-state index in [1.54, 1.807) is 0 Å². The summed E-state index contributed by atoms with van der Waals surface area (Å²) in [6.45, 7) is 8.49. The first-order valence-electron chi connectivity index (χ1n) is 7.09. The molecule has 0 radical (unpaired) electrons. The van der Waals surface area contributed by atoms with Crippen LogP contribution in [0.25, 0.3) is 0 Å². The van der Waals surface area contributed by atoms with E-state index in [1.165, 1.54) is 5.56 Å². The van der Waals surface area contributed by atoms with Crippen molar-refractivity contribution in [2.75, 3.05) is 25.4 Å². The van der Waals surface area contributed by atoms with E-state index in [2.05, 4.69) is 4.90 Å². The summed E-state index contributed by atoms with van der Waals surface area (Å²) in [5.74, 6) is 0.903. The molecule has 1 atom stereocenters. The summed E-state index contributed by atoms with van der Waals surface area (Å²) < 4.78 is 11.7. The van der Waals surface area contributed by atoms with Gasteiger partial charge in [0.2, 0.25) is 0 Å². The molecule has 0 bridgehead atoms. The smallest absolute Gasteiger partial charge is 0.164 e. The van der Waals surface area contributed by atoms with Crippen molar-refractivity contribution in [2.45, 2.75) is 31.9 Å². The van der Waals surface area contributed by atoms with Crippen molar-refractivity contribution in [1.29, 1.82) is 0 Å². The Morgan fingerprint density at radius 1 is 1.30 bits per heavy atom. The Balaban J connectivity index is 1.88. The number of Topliss-reactive ketones (excluding diaryl/α,β-unsaturated/α-hetero) is 1. The van der Waals surface area contributed by atoms with E-state index in [0.29, 0.717) is 12.2 Å². The molecular weight excluding hydrogens is 270 g/mol. The van der Waals surface area contributed by atoms with E-state index in [0.717, 1.165) is 25.2 Å². The maximum absolute atomic E-state index is 12.1. The van der Waals surface area contributed by atoms with Crippen molar-refractivity contribution in [1.82, 2.24) is 4.90 Å². The zero-order valence-corrected chi connectivity index (χ0v) is 13.3. The van der Waals surface area contributed by atoms with E-state index in [-0.39, 0.29) is 10.5 Å². The zero-order valence-electron chi connectivity index (χ0n) is 12.5. The molecule has 0 amide bonds. The first-order chi connectivity index (χ1) is 9.38. The molecule has 110 valence electrons. The van der Waals surface area contributed by atoms with Crippen LogP contribution in [0, 0.1) is 6.92 Å². The molecule has 0 aliphatic carbocycles. The molecule has 1 heterocycles. The molecular formula is C16H23NO2S. The van der Waals surface area contributed by atoms with Gasteiger partial charge in [0, 0.05) is 48.2 Å². The van der Waals surface area contributed by atoms with Crippen LogP contribution < -0.4 is 0 Å². The van der Waals surface area contributed by atoms with E-state index < -0.39 is 10.8 Å². The summed E-state index contributed by atoms with van der Waals surface area (Å²) in [5, 5.41) is 0. The Labute approximate surface area is 123 Å². The minimum Gasteiger partial charge on any atom is -0.301 e. The Bertz CT molecular complexity index is 508. The van der Waals surface area contributed by atoms with Gasteiger partial charge in [-0.2, -0.15) is 0 Å². The van der Waals surface area contributed by atoms with Crippen molar-refractivity contribution in [3.05, 3.63) is 35.4 Å². The Kier molecular flexibility index (Phi) is 4.76. The molecule has 20 heavy (non-hydrogen) atoms. The molecule has 0 saturated carbocycles. The first-order valence-corrected chi connectivity index (χ1v) is 8.41. The number of carbonyl (C=O) groups excluding carboxylic acids is 1. The van der Waals surface area contributed by atoms with Gasteiger partial charge in [-0.1, -0.05) is 29.8 Å². The van der Waals surface area contributed by atoms with Crippen LogP contribution in [0.15, 0.2) is 24.3 Å². The summed E-state index contributed by atoms with van der Waals surface area (Å²) in [7, 11) is -0.751. The summed E-state index contributed by atoms with van der Waals surface area (Å²) in [6.07, 6.45) is 0.534. The SMILES string of the molecule is Cc1ccc(C(=O)CCN2CCS(=O)C(C)(C)C2)cc1. The van der Waals surface area contributed by atoms with Crippen LogP contribution in [0.5, 0.6) is 0 Å². The topological polar surface area (TPSA) is 37.4 Å². The molecule has 0 spiro atoms. The van der Waals surface area contributed by atoms with Crippen LogP contribution in [0.1, 0.15) is 36.2 Å². The number of hydrogen-bond acceptors (Lipinski definition) is 3. The third-order valence-corrected chi connectivity index (χ3v) is 5.76. The lowest BCUT2D eigenvalue weighted by atomic mass is 10.1. The minimum absolute atomic E-state index is 0.162. The lowest BCUT2D eigenvalue weighted by Crippen LogP contribution is -2.50. The molecule has 1 saturated heterocycles. The summed E-state index contributed by atoms with van der Waals surface area (Å²) in [6, 6.07) is 7.74. The fraction of sp³-hybridized carbons (Fsp3) is 0.562. The Morgan fingerprint density at radius 2 is 1.95 bits per heavy atom. The second kappa shape index (κ2) is 6.19. The van der Waals surface area contributed by atoms with Gasteiger partial charge in [0.15, 0.2) is 5.78 Å². The first kappa shape index (κ1) is 15.4. The molecule has 4 heteroatoms. The molecule has 0 aromatic heterocycles. The van der Waals surface area contributed by atoms with Gasteiger partial charge >= 0.3 is 0 Å². The van der Waals surface area contributed by atoms with Crippen molar-refractivity contribution in [3.63, 3.8) is 0 Å². The van der Waals surface area contributed by atoms with Gasteiger partial charge < -0.3 is 4.90 Å². The van der Waals surface area contributed by atoms with E-state index in [4.69, 9.17) is 0 Å². The number of ketones is 1. The number of hydrogen-bond donors (Lipinski definition) is 0. The van der Waals surface area contributed by atoms with Crippen LogP contribution >= 0.6 is 0 Å². The van der Waals surface area contributed by atoms with Crippen molar-refractivity contribution in [3.8, 4) is 0 Å². The Morgan fingerprint density at radius 3 is 2.55 bits per heavy atom. The maximum atomic E-state index is 12.1. The number of nitrogens with zero attached hydrogens (tertiary/aromatic N) is 1. The third-order valence-electron chi connectivity index (χ3n) is 3.84. The van der Waals surface area contributed by atoms with E-state index in [1.807, 2.05) is 45.0 Å². The van der Waals surface area contributed by atoms with Crippen LogP contribution in [0.4, 0.5) is 0 Å². The van der Waals surface area contributed by atoms with Gasteiger partial charge in [0.25, 0.3) is 0 Å². The quantitative estimate of drug-likeness (QED) is 0.800. The molecule has 1 unspecified atom stereocenters. The lowest BCUT2D eigenvalue weighted by Gasteiger charge is -2.37. The fourth-order valence-corrected chi connectivity index (χ4v) is 3.82. The van der Waals surface area contributed by atoms with E-state index in [9.17, 15) is 9.00 Å². The average Bonchev–Trinajstić information content (AvgIpc) is 2.40. The molecule has 0 N–H and O–H groups in total. The lowest BCUT2D eigenvalue weighted by molar-refractivity contribution is 0.0962. The van der Waals surface area contributed by atoms with Gasteiger partial charge in [0.05, 0.1) is 4.75 Å². The normalized spacial score (nSPS) is 22.6. The second-order valence-electron chi connectivity index (χ2n) is 6.12.